The lowest BCUT2D eigenvalue weighted by Crippen LogP contribution is -2.10. The monoisotopic (exact) mass is 332 g/mol. The summed E-state index contributed by atoms with van der Waals surface area (Å²) < 4.78 is 56.5. The number of imidazole rings is 1. The molecule has 1 atom stereocenters. The molecule has 0 amide bonds. The number of halogens is 4. The maximum Gasteiger partial charge on any atom is 0.177 e. The molecule has 0 spiro atoms. The first kappa shape index (κ1) is 15.2. The van der Waals surface area contributed by atoms with Crippen molar-refractivity contribution in [2.45, 2.75) is 25.3 Å². The molecule has 3 nitrogen and oxygen atoms in total. The topological polar surface area (TPSA) is 40.9 Å². The highest BCUT2D eigenvalue weighted by Crippen LogP contribution is 2.36. The average molecular weight is 332 g/mol. The first-order valence-electron chi connectivity index (χ1n) is 6.68. The van der Waals surface area contributed by atoms with Crippen LogP contribution >= 0.6 is 12.2 Å². The van der Waals surface area contributed by atoms with Crippen LogP contribution in [0.1, 0.15) is 22.9 Å². The van der Waals surface area contributed by atoms with Crippen molar-refractivity contribution < 1.29 is 22.7 Å². The smallest absolute Gasteiger partial charge is 0.177 e. The highest BCUT2D eigenvalue weighted by molar-refractivity contribution is 7.71. The highest BCUT2D eigenvalue weighted by atomic mass is 32.1. The molecule has 2 heterocycles. The molecule has 1 aromatic heterocycles. The number of hydrogen-bond donors (Lipinski definition) is 2. The molecular formula is C14H12F4N2OS. The molecule has 0 aliphatic carbocycles. The number of H-pyrrole nitrogens is 1. The molecule has 0 bridgehead atoms. The lowest BCUT2D eigenvalue weighted by atomic mass is 9.94. The molecular weight excluding hydrogens is 320 g/mol. The van der Waals surface area contributed by atoms with Gasteiger partial charge in [-0.1, -0.05) is 0 Å². The van der Waals surface area contributed by atoms with E-state index in [4.69, 9.17) is 17.3 Å². The van der Waals surface area contributed by atoms with Gasteiger partial charge >= 0.3 is 0 Å². The van der Waals surface area contributed by atoms with Crippen molar-refractivity contribution in [2.24, 2.45) is 0 Å². The molecule has 118 valence electrons. The van der Waals surface area contributed by atoms with Crippen LogP contribution in [-0.4, -0.2) is 21.3 Å². The van der Waals surface area contributed by atoms with Gasteiger partial charge in [0.25, 0.3) is 0 Å². The van der Waals surface area contributed by atoms with E-state index in [9.17, 15) is 17.6 Å². The molecule has 2 aromatic rings. The zero-order chi connectivity index (χ0) is 16.0. The van der Waals surface area contributed by atoms with Gasteiger partial charge in [0.2, 0.25) is 0 Å². The highest BCUT2D eigenvalue weighted by Gasteiger charge is 2.33. The van der Waals surface area contributed by atoms with Crippen molar-refractivity contribution >= 4 is 12.2 Å². The number of aliphatic hydroxyl groups is 1. The third-order valence-corrected chi connectivity index (χ3v) is 4.26. The van der Waals surface area contributed by atoms with Crippen LogP contribution < -0.4 is 0 Å². The third-order valence-electron chi connectivity index (χ3n) is 3.94. The van der Waals surface area contributed by atoms with Crippen molar-refractivity contribution in [3.63, 3.8) is 0 Å². The minimum atomic E-state index is -1.41. The molecule has 0 radical (unpaired) electrons. The van der Waals surface area contributed by atoms with Crippen molar-refractivity contribution in [1.29, 1.82) is 0 Å². The molecule has 1 aliphatic heterocycles. The molecule has 2 N–H and O–H groups in total. The number of fused-ring (bicyclic) bond motifs is 1. The number of hydrogen-bond acceptors (Lipinski definition) is 2. The summed E-state index contributed by atoms with van der Waals surface area (Å²) in [5.74, 6) is -6.30. The van der Waals surface area contributed by atoms with Crippen molar-refractivity contribution in [3.8, 4) is 0 Å². The van der Waals surface area contributed by atoms with E-state index < -0.39 is 34.8 Å². The quantitative estimate of drug-likeness (QED) is 0.515. The van der Waals surface area contributed by atoms with E-state index in [2.05, 4.69) is 4.98 Å². The second-order valence-electron chi connectivity index (χ2n) is 5.22. The number of aromatic amines is 1. The first-order chi connectivity index (χ1) is 10.4. The van der Waals surface area contributed by atoms with Gasteiger partial charge in [-0.05, 0) is 18.6 Å². The van der Waals surface area contributed by atoms with Crippen LogP contribution in [0.4, 0.5) is 17.6 Å². The van der Waals surface area contributed by atoms with Crippen LogP contribution in [0.2, 0.25) is 0 Å². The van der Waals surface area contributed by atoms with E-state index >= 15 is 0 Å². The molecule has 22 heavy (non-hydrogen) atoms. The Kier molecular flexibility index (Phi) is 3.82. The van der Waals surface area contributed by atoms with Crippen LogP contribution in [-0.2, 0) is 19.4 Å². The van der Waals surface area contributed by atoms with Gasteiger partial charge < -0.3 is 14.7 Å². The minimum Gasteiger partial charge on any atom is -0.396 e. The van der Waals surface area contributed by atoms with Crippen LogP contribution in [0.3, 0.4) is 0 Å². The van der Waals surface area contributed by atoms with Crippen LogP contribution in [0, 0.1) is 28.0 Å². The van der Waals surface area contributed by atoms with E-state index in [-0.39, 0.29) is 25.6 Å². The van der Waals surface area contributed by atoms with Gasteiger partial charge in [-0.3, -0.25) is 0 Å². The summed E-state index contributed by atoms with van der Waals surface area (Å²) in [5, 5.41) is 9.02. The average Bonchev–Trinajstić information content (AvgIpc) is 3.00. The van der Waals surface area contributed by atoms with Gasteiger partial charge in [-0.15, -0.1) is 0 Å². The number of aromatic nitrogens is 2. The maximum atomic E-state index is 13.9. The fourth-order valence-corrected chi connectivity index (χ4v) is 3.27. The summed E-state index contributed by atoms with van der Waals surface area (Å²) in [4.78, 5) is 2.92. The summed E-state index contributed by atoms with van der Waals surface area (Å²) in [6.45, 7) is 0.0249. The Morgan fingerprint density at radius 2 is 1.86 bits per heavy atom. The molecule has 0 saturated heterocycles. The van der Waals surface area contributed by atoms with Gasteiger partial charge in [-0.2, -0.15) is 0 Å². The largest absolute Gasteiger partial charge is 0.396 e. The second kappa shape index (κ2) is 5.51. The fraction of sp³-hybridized carbons (Fsp3) is 0.357. The predicted molar refractivity (Wildman–Crippen MR) is 73.1 cm³/mol. The normalized spacial score (nSPS) is 17.0. The Bertz CT molecular complexity index is 773. The first-order valence-corrected chi connectivity index (χ1v) is 7.09. The molecule has 3 rings (SSSR count). The number of rotatable bonds is 3. The zero-order valence-electron chi connectivity index (χ0n) is 11.3. The lowest BCUT2D eigenvalue weighted by molar-refractivity contribution is 0.298. The Morgan fingerprint density at radius 3 is 2.45 bits per heavy atom. The van der Waals surface area contributed by atoms with E-state index in [1.807, 2.05) is 0 Å². The van der Waals surface area contributed by atoms with Crippen molar-refractivity contribution in [1.82, 2.24) is 9.55 Å². The summed E-state index contributed by atoms with van der Waals surface area (Å²) in [7, 11) is 0. The van der Waals surface area contributed by atoms with Gasteiger partial charge in [-0.25, -0.2) is 17.6 Å². The molecule has 8 heteroatoms. The molecule has 1 aliphatic rings. The van der Waals surface area contributed by atoms with Gasteiger partial charge in [0, 0.05) is 48.5 Å². The number of aliphatic hydroxyl groups excluding tert-OH is 1. The van der Waals surface area contributed by atoms with Crippen molar-refractivity contribution in [3.05, 3.63) is 51.1 Å². The lowest BCUT2D eigenvalue weighted by Gasteiger charge is -2.13. The van der Waals surface area contributed by atoms with Crippen molar-refractivity contribution in [2.75, 3.05) is 6.61 Å². The Hall–Kier alpha value is -1.67. The Balaban J connectivity index is 2.04. The summed E-state index contributed by atoms with van der Waals surface area (Å²) in [6, 6.07) is 0.201. The van der Waals surface area contributed by atoms with E-state index in [1.165, 1.54) is 0 Å². The minimum absolute atomic E-state index is 0.107. The number of nitrogens with one attached hydrogen (secondary N) is 1. The number of benzene rings is 1. The van der Waals surface area contributed by atoms with Crippen LogP contribution in [0.25, 0.3) is 0 Å². The van der Waals surface area contributed by atoms with Gasteiger partial charge in [0.05, 0.1) is 0 Å². The van der Waals surface area contributed by atoms with Crippen LogP contribution in [0.15, 0.2) is 6.07 Å². The van der Waals surface area contributed by atoms with Crippen LogP contribution in [0.5, 0.6) is 0 Å². The Labute approximate surface area is 128 Å². The fourth-order valence-electron chi connectivity index (χ4n) is 2.96. The SMILES string of the molecule is OCCc1[nH]c(=S)n2c1CC(c1c(F)c(F)cc(F)c1F)C2. The summed E-state index contributed by atoms with van der Waals surface area (Å²) in [6.07, 6.45) is 0.514. The number of nitrogens with zero attached hydrogens (tertiary/aromatic N) is 1. The van der Waals surface area contributed by atoms with E-state index in [0.29, 0.717) is 22.6 Å². The summed E-state index contributed by atoms with van der Waals surface area (Å²) >= 11 is 5.12. The molecule has 0 fully saturated rings. The molecule has 1 unspecified atom stereocenters. The standard InChI is InChI=1S/C14H12F4N2OS/c15-7-4-8(16)13(18)11(12(7)17)6-3-10-9(1-2-21)19-14(22)20(10)5-6/h4,6,21H,1-3,5H2,(H,19,22). The summed E-state index contributed by atoms with van der Waals surface area (Å²) in [5.41, 5.74) is 0.783. The van der Waals surface area contributed by atoms with E-state index in [0.717, 1.165) is 0 Å². The third kappa shape index (κ3) is 2.26. The Morgan fingerprint density at radius 1 is 1.23 bits per heavy atom. The maximum absolute atomic E-state index is 13.9. The van der Waals surface area contributed by atoms with E-state index in [1.54, 1.807) is 4.57 Å². The molecule has 0 saturated carbocycles. The van der Waals surface area contributed by atoms with Gasteiger partial charge in [0.1, 0.15) is 0 Å². The second-order valence-corrected chi connectivity index (χ2v) is 5.61. The van der Waals surface area contributed by atoms with Gasteiger partial charge in [0.15, 0.2) is 28.0 Å². The molecule has 1 aromatic carbocycles. The zero-order valence-corrected chi connectivity index (χ0v) is 12.1. The predicted octanol–water partition coefficient (Wildman–Crippen LogP) is 2.98.